The van der Waals surface area contributed by atoms with E-state index in [-0.39, 0.29) is 6.10 Å². The summed E-state index contributed by atoms with van der Waals surface area (Å²) in [6, 6.07) is 0. The molecule has 0 aromatic heterocycles. The van der Waals surface area contributed by atoms with Crippen LogP contribution in [0, 0.1) is 46.3 Å². The van der Waals surface area contributed by atoms with Crippen molar-refractivity contribution in [3.63, 3.8) is 0 Å². The van der Waals surface area contributed by atoms with E-state index >= 15 is 0 Å². The maximum absolute atomic E-state index is 10.2. The van der Waals surface area contributed by atoms with E-state index in [1.165, 1.54) is 63.4 Å². The lowest BCUT2D eigenvalue weighted by atomic mass is 9.47. The Balaban J connectivity index is 1.48. The van der Waals surface area contributed by atoms with Crippen LogP contribution in [-0.4, -0.2) is 11.2 Å². The van der Waals surface area contributed by atoms with Gasteiger partial charge < -0.3 is 5.11 Å². The lowest BCUT2D eigenvalue weighted by Gasteiger charge is -2.58. The van der Waals surface area contributed by atoms with Crippen LogP contribution in [0.5, 0.6) is 0 Å². The van der Waals surface area contributed by atoms with Crippen LogP contribution < -0.4 is 0 Å². The molecular formula is C29H48O. The van der Waals surface area contributed by atoms with Crippen molar-refractivity contribution in [2.75, 3.05) is 0 Å². The molecule has 1 unspecified atom stereocenters. The van der Waals surface area contributed by atoms with E-state index < -0.39 is 0 Å². The summed E-state index contributed by atoms with van der Waals surface area (Å²) in [6.45, 7) is 16.6. The molecule has 4 aliphatic rings. The van der Waals surface area contributed by atoms with Crippen molar-refractivity contribution in [2.24, 2.45) is 46.3 Å². The summed E-state index contributed by atoms with van der Waals surface area (Å²) >= 11 is 0. The first kappa shape index (κ1) is 22.6. The minimum absolute atomic E-state index is 0.0856. The second-order valence-electron chi connectivity index (χ2n) is 12.4. The van der Waals surface area contributed by atoms with Crippen molar-refractivity contribution in [3.8, 4) is 0 Å². The predicted molar refractivity (Wildman–Crippen MR) is 128 cm³/mol. The number of allylic oxidation sites excluding steroid dienone is 2. The molecule has 0 aliphatic heterocycles. The smallest absolute Gasteiger partial charge is 0.0577 e. The first-order chi connectivity index (χ1) is 14.2. The summed E-state index contributed by atoms with van der Waals surface area (Å²) in [7, 11) is 0. The van der Waals surface area contributed by atoms with Crippen molar-refractivity contribution >= 4 is 0 Å². The Hall–Kier alpha value is -0.560. The summed E-state index contributed by atoms with van der Waals surface area (Å²) in [6.07, 6.45) is 16.7. The highest BCUT2D eigenvalue weighted by Gasteiger charge is 2.59. The maximum Gasteiger partial charge on any atom is 0.0577 e. The van der Waals surface area contributed by atoms with E-state index in [4.69, 9.17) is 0 Å². The zero-order valence-electron chi connectivity index (χ0n) is 20.6. The van der Waals surface area contributed by atoms with Crippen molar-refractivity contribution in [1.29, 1.82) is 0 Å². The lowest BCUT2D eigenvalue weighted by Crippen LogP contribution is -2.50. The average Bonchev–Trinajstić information content (AvgIpc) is 3.06. The Morgan fingerprint density at radius 2 is 1.90 bits per heavy atom. The molecule has 3 saturated carbocycles. The first-order valence-electron chi connectivity index (χ1n) is 13.2. The van der Waals surface area contributed by atoms with Crippen LogP contribution in [0.4, 0.5) is 0 Å². The fraction of sp³-hybridized carbons (Fsp3) is 0.862. The second kappa shape index (κ2) is 8.42. The Morgan fingerprint density at radius 1 is 1.13 bits per heavy atom. The Kier molecular flexibility index (Phi) is 6.35. The molecule has 0 spiro atoms. The third kappa shape index (κ3) is 3.66. The predicted octanol–water partition coefficient (Wildman–Crippen LogP) is 7.94. The monoisotopic (exact) mass is 412 g/mol. The average molecular weight is 413 g/mol. The highest BCUT2D eigenvalue weighted by molar-refractivity contribution is 5.25. The zero-order valence-corrected chi connectivity index (χ0v) is 20.6. The highest BCUT2D eigenvalue weighted by atomic mass is 16.3. The van der Waals surface area contributed by atoms with Gasteiger partial charge in [-0.2, -0.15) is 0 Å². The van der Waals surface area contributed by atoms with E-state index in [2.05, 4.69) is 47.3 Å². The molecule has 1 nitrogen and oxygen atoms in total. The van der Waals surface area contributed by atoms with Gasteiger partial charge in [-0.1, -0.05) is 51.5 Å². The molecule has 0 saturated heterocycles. The van der Waals surface area contributed by atoms with Gasteiger partial charge in [-0.15, -0.1) is 0 Å². The lowest BCUT2D eigenvalue weighted by molar-refractivity contribution is -0.0574. The first-order valence-corrected chi connectivity index (χ1v) is 13.2. The van der Waals surface area contributed by atoms with Crippen LogP contribution >= 0.6 is 0 Å². The zero-order chi connectivity index (χ0) is 21.7. The van der Waals surface area contributed by atoms with Crippen molar-refractivity contribution < 1.29 is 5.11 Å². The van der Waals surface area contributed by atoms with Gasteiger partial charge in [0.05, 0.1) is 6.10 Å². The molecule has 30 heavy (non-hydrogen) atoms. The Morgan fingerprint density at radius 3 is 2.60 bits per heavy atom. The fourth-order valence-corrected chi connectivity index (χ4v) is 9.08. The third-order valence-electron chi connectivity index (χ3n) is 11.0. The van der Waals surface area contributed by atoms with Crippen LogP contribution in [-0.2, 0) is 0 Å². The standard InChI is InChI=1S/C29H48O/c1-7-21(19(2)3)9-8-20(4)25-12-13-26-24-11-10-22-18-23(30)14-16-28(22,5)27(24)15-17-29(25,26)6/h10,20-21,23-27,30H,2,7-9,11-18H2,1,3-6H3/t20-,21-,23?,24+,25-,26+,27+,28+,29-/m1/s1. The van der Waals surface area contributed by atoms with Gasteiger partial charge in [0.2, 0.25) is 0 Å². The molecule has 1 N–H and O–H groups in total. The number of hydrogen-bond acceptors (Lipinski definition) is 1. The SMILES string of the molecule is C=C(C)[C@H](CC)CC[C@@H](C)[C@H]1CC[C@H]2[C@@H]3CC=C4CC(O)CC[C@]4(C)[C@H]3CC[C@]12C. The molecule has 1 heteroatoms. The van der Waals surface area contributed by atoms with E-state index in [1.54, 1.807) is 5.57 Å². The minimum Gasteiger partial charge on any atom is -0.393 e. The van der Waals surface area contributed by atoms with Gasteiger partial charge in [-0.05, 0) is 124 Å². The Labute approximate surface area is 186 Å². The summed E-state index contributed by atoms with van der Waals surface area (Å²) in [5.41, 5.74) is 3.93. The second-order valence-corrected chi connectivity index (χ2v) is 12.4. The van der Waals surface area contributed by atoms with Crippen LogP contribution in [0.1, 0.15) is 105 Å². The van der Waals surface area contributed by atoms with Crippen LogP contribution in [0.2, 0.25) is 0 Å². The van der Waals surface area contributed by atoms with Gasteiger partial charge in [0.15, 0.2) is 0 Å². The van der Waals surface area contributed by atoms with E-state index in [0.29, 0.717) is 10.8 Å². The number of hydrogen-bond donors (Lipinski definition) is 1. The van der Waals surface area contributed by atoms with Gasteiger partial charge in [-0.3, -0.25) is 0 Å². The normalized spacial score (nSPS) is 45.0. The maximum atomic E-state index is 10.2. The van der Waals surface area contributed by atoms with E-state index in [9.17, 15) is 5.11 Å². The van der Waals surface area contributed by atoms with Gasteiger partial charge in [-0.25, -0.2) is 0 Å². The summed E-state index contributed by atoms with van der Waals surface area (Å²) in [4.78, 5) is 0. The van der Waals surface area contributed by atoms with Crippen molar-refractivity contribution in [1.82, 2.24) is 0 Å². The molecule has 0 radical (unpaired) electrons. The summed E-state index contributed by atoms with van der Waals surface area (Å²) < 4.78 is 0. The molecule has 4 aliphatic carbocycles. The van der Waals surface area contributed by atoms with Gasteiger partial charge in [0.1, 0.15) is 0 Å². The number of aliphatic hydroxyl groups excluding tert-OH is 1. The molecular weight excluding hydrogens is 364 g/mol. The Bertz CT molecular complexity index is 676. The van der Waals surface area contributed by atoms with Gasteiger partial charge in [0, 0.05) is 0 Å². The number of fused-ring (bicyclic) bond motifs is 5. The summed E-state index contributed by atoms with van der Waals surface area (Å²) in [5.74, 6) is 5.16. The molecule has 4 rings (SSSR count). The van der Waals surface area contributed by atoms with Gasteiger partial charge in [0.25, 0.3) is 0 Å². The fourth-order valence-electron chi connectivity index (χ4n) is 9.08. The van der Waals surface area contributed by atoms with Crippen LogP contribution in [0.3, 0.4) is 0 Å². The highest BCUT2D eigenvalue weighted by Crippen LogP contribution is 2.67. The summed E-state index contributed by atoms with van der Waals surface area (Å²) in [5, 5.41) is 10.2. The van der Waals surface area contributed by atoms with Crippen molar-refractivity contribution in [3.05, 3.63) is 23.8 Å². The van der Waals surface area contributed by atoms with E-state index in [1.807, 2.05) is 0 Å². The number of rotatable bonds is 6. The quantitative estimate of drug-likeness (QED) is 0.439. The molecule has 0 aromatic carbocycles. The molecule has 0 bridgehead atoms. The molecule has 0 aromatic rings. The molecule has 3 fully saturated rings. The number of aliphatic hydroxyl groups is 1. The van der Waals surface area contributed by atoms with Crippen molar-refractivity contribution in [2.45, 2.75) is 111 Å². The molecule has 170 valence electrons. The molecule has 9 atom stereocenters. The van der Waals surface area contributed by atoms with Gasteiger partial charge >= 0.3 is 0 Å². The van der Waals surface area contributed by atoms with Crippen LogP contribution in [0.15, 0.2) is 23.8 Å². The largest absolute Gasteiger partial charge is 0.393 e. The topological polar surface area (TPSA) is 20.2 Å². The van der Waals surface area contributed by atoms with E-state index in [0.717, 1.165) is 48.3 Å². The minimum atomic E-state index is -0.0856. The molecule has 0 heterocycles. The molecule has 0 amide bonds. The van der Waals surface area contributed by atoms with Crippen LogP contribution in [0.25, 0.3) is 0 Å². The third-order valence-corrected chi connectivity index (χ3v) is 11.0.